The number of ether oxygens (including phenoxy) is 1. The molecule has 3 heterocycles. The van der Waals surface area contributed by atoms with E-state index in [2.05, 4.69) is 40.4 Å². The Morgan fingerprint density at radius 1 is 0.930 bits per heavy atom. The Morgan fingerprint density at radius 3 is 2.33 bits per heavy atom. The van der Waals surface area contributed by atoms with Crippen molar-refractivity contribution in [3.63, 3.8) is 0 Å². The van der Waals surface area contributed by atoms with E-state index in [1.54, 1.807) is 23.1 Å². The normalized spacial score (nSPS) is 16.7. The van der Waals surface area contributed by atoms with Crippen LogP contribution in [-0.2, 0) is 16.6 Å². The third-order valence-corrected chi connectivity index (χ3v) is 8.63. The number of benzene rings is 2. The molecule has 1 amide bonds. The Bertz CT molecular complexity index is 1760. The fourth-order valence-corrected chi connectivity index (χ4v) is 6.40. The minimum atomic E-state index is -4.14. The summed E-state index contributed by atoms with van der Waals surface area (Å²) < 4.78 is 36.0. The van der Waals surface area contributed by atoms with Crippen molar-refractivity contribution in [1.82, 2.24) is 19.9 Å². The van der Waals surface area contributed by atoms with E-state index in [-0.39, 0.29) is 52.8 Å². The van der Waals surface area contributed by atoms with Crippen molar-refractivity contribution in [1.29, 1.82) is 0 Å². The molecule has 4 aromatic rings. The summed E-state index contributed by atoms with van der Waals surface area (Å²) in [6, 6.07) is 19.0. The molecule has 2 aromatic heterocycles. The van der Waals surface area contributed by atoms with Crippen LogP contribution in [0.5, 0.6) is 5.88 Å². The van der Waals surface area contributed by atoms with E-state index in [1.807, 2.05) is 57.2 Å². The van der Waals surface area contributed by atoms with E-state index in [0.29, 0.717) is 12.1 Å². The average molecular weight is 600 g/mol. The van der Waals surface area contributed by atoms with Crippen LogP contribution in [0.2, 0.25) is 0 Å². The van der Waals surface area contributed by atoms with Gasteiger partial charge in [-0.05, 0) is 74.1 Å². The summed E-state index contributed by atoms with van der Waals surface area (Å²) in [6.45, 7) is 12.5. The van der Waals surface area contributed by atoms with Crippen LogP contribution >= 0.6 is 0 Å². The van der Waals surface area contributed by atoms with Gasteiger partial charge in [0.2, 0.25) is 11.8 Å². The molecule has 5 rings (SSSR count). The Morgan fingerprint density at radius 2 is 1.63 bits per heavy atom. The maximum Gasteiger partial charge on any atom is 0.264 e. The average Bonchev–Trinajstić information content (AvgIpc) is 2.92. The third kappa shape index (κ3) is 7.02. The van der Waals surface area contributed by atoms with Gasteiger partial charge in [0.15, 0.2) is 0 Å². The first-order valence-electron chi connectivity index (χ1n) is 14.2. The fourth-order valence-electron chi connectivity index (χ4n) is 5.41. The van der Waals surface area contributed by atoms with Crippen molar-refractivity contribution in [2.24, 2.45) is 5.41 Å². The standard InChI is InChI=1S/C33H37N5O4S/c1-21-10-7-11-22(2)30(21)28-17-29-36-32(35-28)37-43(40,41)27-15-9-13-24(16-27)31(39)38(19-25-14-8-12-23(3)34-25)26(20-42-29)18-33(4,5)6/h7-17,26H,18-20H2,1-6H3,(H,35,36,37)/t26-/m1/s1. The number of carbonyl (C=O) groups excluding carboxylic acids is 1. The van der Waals surface area contributed by atoms with Gasteiger partial charge in [0.1, 0.15) is 6.61 Å². The highest BCUT2D eigenvalue weighted by atomic mass is 32.2. The summed E-state index contributed by atoms with van der Waals surface area (Å²) in [5.41, 5.74) is 5.02. The molecule has 224 valence electrons. The van der Waals surface area contributed by atoms with Crippen molar-refractivity contribution in [2.45, 2.75) is 65.4 Å². The second-order valence-corrected chi connectivity index (χ2v) is 13.9. The van der Waals surface area contributed by atoms with Gasteiger partial charge in [-0.1, -0.05) is 51.1 Å². The van der Waals surface area contributed by atoms with Gasteiger partial charge >= 0.3 is 0 Å². The molecule has 10 heteroatoms. The lowest BCUT2D eigenvalue weighted by Gasteiger charge is -2.35. The number of amides is 1. The number of aromatic nitrogens is 3. The summed E-state index contributed by atoms with van der Waals surface area (Å²) in [6.07, 6.45) is 0.614. The van der Waals surface area contributed by atoms with E-state index >= 15 is 0 Å². The molecule has 1 N–H and O–H groups in total. The molecule has 1 atom stereocenters. The van der Waals surface area contributed by atoms with Crippen LogP contribution in [0.25, 0.3) is 11.3 Å². The Labute approximate surface area is 253 Å². The van der Waals surface area contributed by atoms with Crippen LogP contribution < -0.4 is 9.46 Å². The number of anilines is 1. The molecule has 0 saturated heterocycles. The molecular weight excluding hydrogens is 562 g/mol. The van der Waals surface area contributed by atoms with Gasteiger partial charge in [-0.15, -0.1) is 0 Å². The molecule has 0 spiro atoms. The Kier molecular flexibility index (Phi) is 8.25. The zero-order chi connectivity index (χ0) is 30.9. The highest BCUT2D eigenvalue weighted by molar-refractivity contribution is 7.92. The lowest BCUT2D eigenvalue weighted by molar-refractivity contribution is 0.0509. The monoisotopic (exact) mass is 599 g/mol. The molecule has 0 aliphatic carbocycles. The van der Waals surface area contributed by atoms with E-state index in [1.165, 1.54) is 12.1 Å². The fraction of sp³-hybridized carbons (Fsp3) is 0.333. The number of rotatable bonds is 4. The van der Waals surface area contributed by atoms with Gasteiger partial charge in [-0.25, -0.2) is 18.1 Å². The number of pyridine rings is 1. The quantitative estimate of drug-likeness (QED) is 0.301. The molecule has 9 nitrogen and oxygen atoms in total. The highest BCUT2D eigenvalue weighted by Gasteiger charge is 2.31. The predicted molar refractivity (Wildman–Crippen MR) is 166 cm³/mol. The number of hydrogen-bond acceptors (Lipinski definition) is 7. The molecule has 0 fully saturated rings. The number of hydrogen-bond donors (Lipinski definition) is 1. The smallest absolute Gasteiger partial charge is 0.264 e. The minimum Gasteiger partial charge on any atom is -0.475 e. The first-order valence-corrected chi connectivity index (χ1v) is 15.7. The largest absolute Gasteiger partial charge is 0.475 e. The summed E-state index contributed by atoms with van der Waals surface area (Å²) in [7, 11) is -4.14. The minimum absolute atomic E-state index is 0.0675. The summed E-state index contributed by atoms with van der Waals surface area (Å²) in [5, 5.41) is 0. The van der Waals surface area contributed by atoms with Crippen molar-refractivity contribution in [2.75, 3.05) is 11.3 Å². The summed E-state index contributed by atoms with van der Waals surface area (Å²) in [5.74, 6) is -0.220. The number of fused-ring (bicyclic) bond motifs is 4. The number of carbonyl (C=O) groups is 1. The molecule has 0 unspecified atom stereocenters. The second-order valence-electron chi connectivity index (χ2n) is 12.2. The molecular formula is C33H37N5O4S. The van der Waals surface area contributed by atoms with Crippen molar-refractivity contribution in [3.8, 4) is 17.1 Å². The summed E-state index contributed by atoms with van der Waals surface area (Å²) in [4.78, 5) is 29.6. The number of nitrogens with one attached hydrogen (secondary N) is 1. The van der Waals surface area contributed by atoms with Gasteiger partial charge < -0.3 is 9.64 Å². The van der Waals surface area contributed by atoms with E-state index in [9.17, 15) is 13.2 Å². The van der Waals surface area contributed by atoms with Crippen LogP contribution in [-0.4, -0.2) is 46.8 Å². The lowest BCUT2D eigenvalue weighted by atomic mass is 9.87. The Hall–Kier alpha value is -4.31. The SMILES string of the molecule is Cc1cccc(CN2C(=O)c3cccc(c3)S(=O)(=O)Nc3nc(cc(-c4c(C)cccc4C)n3)OC[C@H]2CC(C)(C)C)n1. The van der Waals surface area contributed by atoms with Crippen molar-refractivity contribution < 1.29 is 17.9 Å². The molecule has 1 aliphatic rings. The van der Waals surface area contributed by atoms with E-state index in [4.69, 9.17) is 4.74 Å². The van der Waals surface area contributed by atoms with Crippen LogP contribution in [0.1, 0.15) is 60.1 Å². The van der Waals surface area contributed by atoms with Crippen LogP contribution in [0, 0.1) is 26.2 Å². The number of sulfonamides is 1. The summed E-state index contributed by atoms with van der Waals surface area (Å²) >= 11 is 0. The maximum absolute atomic E-state index is 14.2. The van der Waals surface area contributed by atoms with Crippen LogP contribution in [0.15, 0.2) is 71.6 Å². The Balaban J connectivity index is 1.68. The van der Waals surface area contributed by atoms with Crippen molar-refractivity contribution in [3.05, 3.63) is 94.8 Å². The first kappa shape index (κ1) is 30.2. The van der Waals surface area contributed by atoms with Gasteiger partial charge in [0.25, 0.3) is 15.9 Å². The number of nitrogens with zero attached hydrogens (tertiary/aromatic N) is 4. The van der Waals surface area contributed by atoms with E-state index < -0.39 is 10.0 Å². The molecule has 4 bridgehead atoms. The zero-order valence-electron chi connectivity index (χ0n) is 25.4. The van der Waals surface area contributed by atoms with Gasteiger partial charge in [0, 0.05) is 22.9 Å². The lowest BCUT2D eigenvalue weighted by Crippen LogP contribution is -2.45. The van der Waals surface area contributed by atoms with Gasteiger partial charge in [0.05, 0.1) is 28.9 Å². The second kappa shape index (κ2) is 11.8. The molecule has 0 saturated carbocycles. The van der Waals surface area contributed by atoms with Gasteiger partial charge in [-0.3, -0.25) is 9.78 Å². The predicted octanol–water partition coefficient (Wildman–Crippen LogP) is 6.10. The third-order valence-electron chi connectivity index (χ3n) is 7.31. The van der Waals surface area contributed by atoms with Crippen LogP contribution in [0.4, 0.5) is 5.95 Å². The molecule has 1 aliphatic heterocycles. The van der Waals surface area contributed by atoms with Gasteiger partial charge in [-0.2, -0.15) is 4.98 Å². The number of aryl methyl sites for hydroxylation is 3. The maximum atomic E-state index is 14.2. The van der Waals surface area contributed by atoms with E-state index in [0.717, 1.165) is 28.1 Å². The molecule has 0 radical (unpaired) electrons. The highest BCUT2D eigenvalue weighted by Crippen LogP contribution is 2.31. The first-order chi connectivity index (χ1) is 20.3. The van der Waals surface area contributed by atoms with Crippen molar-refractivity contribution >= 4 is 21.9 Å². The topological polar surface area (TPSA) is 114 Å². The van der Waals surface area contributed by atoms with Crippen LogP contribution in [0.3, 0.4) is 0 Å². The molecule has 43 heavy (non-hydrogen) atoms. The molecule has 2 aromatic carbocycles. The zero-order valence-corrected chi connectivity index (χ0v) is 26.2.